The molecule has 0 unspecified atom stereocenters. The maximum Gasteiger partial charge on any atom is 0.341 e. The molecule has 1 aromatic rings. The number of carbonyl (C=O) groups is 1. The van der Waals surface area contributed by atoms with Crippen LogP contribution < -0.4 is 0 Å². The molecule has 0 saturated heterocycles. The Labute approximate surface area is 152 Å². The van der Waals surface area contributed by atoms with Crippen LogP contribution in [0.5, 0.6) is 5.75 Å². The van der Waals surface area contributed by atoms with Crippen molar-refractivity contribution in [2.45, 2.75) is 13.8 Å². The minimum absolute atomic E-state index is 0.0678. The van der Waals surface area contributed by atoms with E-state index in [1.807, 2.05) is 13.8 Å². The van der Waals surface area contributed by atoms with E-state index in [0.29, 0.717) is 25.6 Å². The van der Waals surface area contributed by atoms with Gasteiger partial charge in [-0.25, -0.2) is 4.79 Å². The summed E-state index contributed by atoms with van der Waals surface area (Å²) in [6, 6.07) is 6.33. The molecule has 0 aliphatic rings. The number of aromatic hydroxyl groups is 1. The molecule has 0 fully saturated rings. The molecule has 9 heteroatoms. The van der Waals surface area contributed by atoms with Crippen molar-refractivity contribution in [2.24, 2.45) is 0 Å². The van der Waals surface area contributed by atoms with Gasteiger partial charge >= 0.3 is 14.6 Å². The second-order valence-corrected chi connectivity index (χ2v) is 8.11. The maximum absolute atomic E-state index is 11.8. The lowest BCUT2D eigenvalue weighted by Crippen LogP contribution is -2.07. The lowest BCUT2D eigenvalue weighted by atomic mass is 10.2. The predicted molar refractivity (Wildman–Crippen MR) is 99.4 cm³/mol. The van der Waals surface area contributed by atoms with Crippen LogP contribution in [0, 0.1) is 0 Å². The summed E-state index contributed by atoms with van der Waals surface area (Å²) >= 11 is 0. The van der Waals surface area contributed by atoms with Gasteiger partial charge in [0.1, 0.15) is 17.9 Å². The fourth-order valence-electron chi connectivity index (χ4n) is 1.48. The van der Waals surface area contributed by atoms with E-state index in [1.165, 1.54) is 12.1 Å². The molecule has 0 aromatic heterocycles. The van der Waals surface area contributed by atoms with Crippen LogP contribution in [0.15, 0.2) is 24.3 Å². The van der Waals surface area contributed by atoms with Crippen LogP contribution >= 0.6 is 30.2 Å². The fraction of sp³-hybridized carbons (Fsp3) is 0.533. The first-order valence-corrected chi connectivity index (χ1v) is 11.2. The van der Waals surface area contributed by atoms with Crippen molar-refractivity contribution in [3.63, 3.8) is 0 Å². The number of phenols is 1. The smallest absolute Gasteiger partial charge is 0.341 e. The largest absolute Gasteiger partial charge is 0.507 e. The molecule has 1 N–H and O–H groups in total. The Hall–Kier alpha value is -0.500. The minimum atomic E-state index is -1.24. The average molecular weight is 394 g/mol. The maximum atomic E-state index is 11.8. The van der Waals surface area contributed by atoms with Crippen LogP contribution in [0.2, 0.25) is 0 Å². The Bertz CT molecular complexity index is 471. The van der Waals surface area contributed by atoms with Gasteiger partial charge in [-0.3, -0.25) is 0 Å². The average Bonchev–Trinajstić information content (AvgIpc) is 2.57. The molecule has 0 amide bonds. The number of carbonyl (C=O) groups excluding carboxylic acids is 1. The second kappa shape index (κ2) is 13.8. The number of benzene rings is 1. The molecule has 0 radical (unpaired) electrons. The lowest BCUT2D eigenvalue weighted by molar-refractivity contribution is 0.0527. The highest BCUT2D eigenvalue weighted by molar-refractivity contribution is 8.76. The second-order valence-electron chi connectivity index (χ2n) is 4.19. The number of esters is 1. The van der Waals surface area contributed by atoms with Crippen LogP contribution in [0.4, 0.5) is 0 Å². The highest BCUT2D eigenvalue weighted by atomic mass is 33.1. The number of hydrogen-bond acceptors (Lipinski definition) is 8. The molecule has 0 saturated carbocycles. The predicted octanol–water partition coefficient (Wildman–Crippen LogP) is 4.25. The van der Waals surface area contributed by atoms with Crippen LogP contribution in [-0.4, -0.2) is 49.0 Å². The van der Waals surface area contributed by atoms with E-state index in [9.17, 15) is 9.90 Å². The SMILES string of the molecule is CCOP(OCC)OCCSSCCOC(=O)c1ccccc1O. The molecule has 0 spiro atoms. The van der Waals surface area contributed by atoms with E-state index in [-0.39, 0.29) is 17.9 Å². The van der Waals surface area contributed by atoms with Crippen LogP contribution in [-0.2, 0) is 18.3 Å². The van der Waals surface area contributed by atoms with Gasteiger partial charge in [0, 0.05) is 11.5 Å². The van der Waals surface area contributed by atoms with Crippen LogP contribution in [0.25, 0.3) is 0 Å². The fourth-order valence-corrected chi connectivity index (χ4v) is 4.14. The van der Waals surface area contributed by atoms with Gasteiger partial charge in [-0.2, -0.15) is 0 Å². The Morgan fingerprint density at radius 3 is 2.29 bits per heavy atom. The summed E-state index contributed by atoms with van der Waals surface area (Å²) in [6.07, 6.45) is 0. The Balaban J connectivity index is 2.04. The lowest BCUT2D eigenvalue weighted by Gasteiger charge is -2.14. The zero-order chi connectivity index (χ0) is 17.6. The van der Waals surface area contributed by atoms with Gasteiger partial charge in [-0.1, -0.05) is 33.7 Å². The van der Waals surface area contributed by atoms with E-state index in [1.54, 1.807) is 33.7 Å². The summed E-state index contributed by atoms with van der Waals surface area (Å²) in [5, 5.41) is 9.56. The Morgan fingerprint density at radius 1 is 1.04 bits per heavy atom. The zero-order valence-corrected chi connectivity index (χ0v) is 16.3. The molecule has 0 atom stereocenters. The highest BCUT2D eigenvalue weighted by Gasteiger charge is 2.12. The van der Waals surface area contributed by atoms with Gasteiger partial charge in [0.25, 0.3) is 0 Å². The summed E-state index contributed by atoms with van der Waals surface area (Å²) in [4.78, 5) is 11.8. The van der Waals surface area contributed by atoms with Gasteiger partial charge in [-0.15, -0.1) is 0 Å². The van der Waals surface area contributed by atoms with Crippen LogP contribution in [0.3, 0.4) is 0 Å². The Kier molecular flexibility index (Phi) is 12.3. The van der Waals surface area contributed by atoms with E-state index < -0.39 is 14.6 Å². The summed E-state index contributed by atoms with van der Waals surface area (Å²) in [7, 11) is 1.99. The van der Waals surface area contributed by atoms with E-state index >= 15 is 0 Å². The van der Waals surface area contributed by atoms with Crippen molar-refractivity contribution in [3.05, 3.63) is 29.8 Å². The van der Waals surface area contributed by atoms with Crippen molar-refractivity contribution in [3.8, 4) is 5.75 Å². The molecule has 24 heavy (non-hydrogen) atoms. The monoisotopic (exact) mass is 394 g/mol. The van der Waals surface area contributed by atoms with Gasteiger partial charge < -0.3 is 23.4 Å². The number of phenolic OH excluding ortho intramolecular Hbond substituents is 1. The molecule has 1 aromatic carbocycles. The molecule has 0 aliphatic carbocycles. The van der Waals surface area contributed by atoms with Crippen molar-refractivity contribution >= 4 is 36.2 Å². The van der Waals surface area contributed by atoms with Gasteiger partial charge in [0.15, 0.2) is 0 Å². The van der Waals surface area contributed by atoms with Gasteiger partial charge in [0.05, 0.1) is 19.8 Å². The Morgan fingerprint density at radius 2 is 1.67 bits per heavy atom. The third kappa shape index (κ3) is 9.11. The topological polar surface area (TPSA) is 74.2 Å². The number of para-hydroxylation sites is 1. The molecule has 6 nitrogen and oxygen atoms in total. The molecule has 0 heterocycles. The molecule has 0 aliphatic heterocycles. The molecular formula is C15H23O6PS2. The van der Waals surface area contributed by atoms with Crippen LogP contribution in [0.1, 0.15) is 24.2 Å². The minimum Gasteiger partial charge on any atom is -0.507 e. The van der Waals surface area contributed by atoms with Crippen molar-refractivity contribution in [2.75, 3.05) is 37.9 Å². The summed E-state index contributed by atoms with van der Waals surface area (Å²) in [5.41, 5.74) is 0.184. The highest BCUT2D eigenvalue weighted by Crippen LogP contribution is 2.39. The normalized spacial score (nSPS) is 11.0. The third-order valence-electron chi connectivity index (χ3n) is 2.44. The van der Waals surface area contributed by atoms with E-state index in [4.69, 9.17) is 18.3 Å². The number of rotatable bonds is 13. The first-order valence-electron chi connectivity index (χ1n) is 7.57. The summed E-state index contributed by atoms with van der Waals surface area (Å²) in [5.74, 6) is 0.870. The molecule has 136 valence electrons. The van der Waals surface area contributed by atoms with Crippen molar-refractivity contribution in [1.29, 1.82) is 0 Å². The quantitative estimate of drug-likeness (QED) is 0.230. The summed E-state index contributed by atoms with van der Waals surface area (Å²) in [6.45, 7) is 5.76. The van der Waals surface area contributed by atoms with Crippen molar-refractivity contribution < 1.29 is 28.2 Å². The molecule has 0 bridgehead atoms. The van der Waals surface area contributed by atoms with E-state index in [2.05, 4.69) is 0 Å². The summed E-state index contributed by atoms with van der Waals surface area (Å²) < 4.78 is 21.3. The van der Waals surface area contributed by atoms with E-state index in [0.717, 1.165) is 5.75 Å². The first-order chi connectivity index (χ1) is 11.7. The third-order valence-corrected chi connectivity index (χ3v) is 6.10. The number of hydrogen-bond donors (Lipinski definition) is 1. The first kappa shape index (κ1) is 21.5. The van der Waals surface area contributed by atoms with Gasteiger partial charge in [0.2, 0.25) is 0 Å². The van der Waals surface area contributed by atoms with Crippen molar-refractivity contribution in [1.82, 2.24) is 0 Å². The molecular weight excluding hydrogens is 371 g/mol. The number of ether oxygens (including phenoxy) is 1. The standard InChI is InChI=1S/C15H23O6PS2/c1-3-19-22(20-4-2)21-10-12-24-23-11-9-18-15(17)13-7-5-6-8-14(13)16/h5-8,16H,3-4,9-12H2,1-2H3. The van der Waals surface area contributed by atoms with Gasteiger partial charge in [-0.05, 0) is 26.0 Å². The zero-order valence-electron chi connectivity index (χ0n) is 13.8. The molecule has 1 rings (SSSR count).